The van der Waals surface area contributed by atoms with Crippen LogP contribution in [0, 0.1) is 5.82 Å². The Balaban J connectivity index is 1.48. The molecule has 0 saturated carbocycles. The van der Waals surface area contributed by atoms with Gasteiger partial charge in [-0.05, 0) is 53.3 Å². The predicted octanol–water partition coefficient (Wildman–Crippen LogP) is 3.89. The Hall–Kier alpha value is -3.42. The summed E-state index contributed by atoms with van der Waals surface area (Å²) < 4.78 is 25.5. The smallest absolute Gasteiger partial charge is 0.240 e. The number of fused-ring (bicyclic) bond motifs is 2. The lowest BCUT2D eigenvalue weighted by Crippen LogP contribution is -2.54. The van der Waals surface area contributed by atoms with Crippen LogP contribution in [0.3, 0.4) is 0 Å². The van der Waals surface area contributed by atoms with Gasteiger partial charge in [0.25, 0.3) is 0 Å². The van der Waals surface area contributed by atoms with E-state index in [0.717, 1.165) is 22.3 Å². The number of carbonyl (C=O) groups is 1. The summed E-state index contributed by atoms with van der Waals surface area (Å²) in [6, 6.07) is 17.7. The third-order valence-electron chi connectivity index (χ3n) is 7.42. The van der Waals surface area contributed by atoms with E-state index in [9.17, 15) is 14.3 Å². The Morgan fingerprint density at radius 1 is 1.00 bits per heavy atom. The van der Waals surface area contributed by atoms with Crippen molar-refractivity contribution < 1.29 is 23.8 Å². The van der Waals surface area contributed by atoms with Crippen LogP contribution in [-0.4, -0.2) is 54.2 Å². The van der Waals surface area contributed by atoms with Crippen molar-refractivity contribution in [1.29, 1.82) is 0 Å². The molecule has 2 atom stereocenters. The van der Waals surface area contributed by atoms with E-state index < -0.39 is 12.1 Å². The van der Waals surface area contributed by atoms with E-state index >= 15 is 0 Å². The first-order valence-electron chi connectivity index (χ1n) is 12.2. The topological polar surface area (TPSA) is 62.2 Å². The van der Waals surface area contributed by atoms with Crippen molar-refractivity contribution in [3.63, 3.8) is 0 Å². The van der Waals surface area contributed by atoms with Crippen molar-refractivity contribution in [1.82, 2.24) is 9.80 Å². The molecule has 36 heavy (non-hydrogen) atoms. The van der Waals surface area contributed by atoms with Gasteiger partial charge in [0.2, 0.25) is 5.91 Å². The maximum absolute atomic E-state index is 14.6. The van der Waals surface area contributed by atoms with E-state index in [1.54, 1.807) is 31.3 Å². The minimum absolute atomic E-state index is 0.0553. The summed E-state index contributed by atoms with van der Waals surface area (Å²) in [6.07, 6.45) is 1.19. The van der Waals surface area contributed by atoms with Gasteiger partial charge in [-0.2, -0.15) is 0 Å². The number of amides is 1. The average molecular weight is 491 g/mol. The standard InChI is InChI=1S/C29H31FN2O4/c1-35-27-14-20-11-12-32(26(18-33)23(20)15-28(27)36-2)29(34)25-13-19-7-3-4-8-21(19)16-31(25)17-22-9-5-6-10-24(22)30/h3-10,14-15,25-26,33H,11-13,16-18H2,1-2H3. The molecule has 6 nitrogen and oxygen atoms in total. The number of rotatable bonds is 6. The number of ether oxygens (including phenoxy) is 2. The van der Waals surface area contributed by atoms with Crippen molar-refractivity contribution in [3.05, 3.63) is 94.3 Å². The third-order valence-corrected chi connectivity index (χ3v) is 7.42. The Kier molecular flexibility index (Phi) is 6.94. The average Bonchev–Trinajstić information content (AvgIpc) is 2.92. The molecule has 3 aromatic rings. The van der Waals surface area contributed by atoms with Crippen molar-refractivity contribution >= 4 is 5.91 Å². The minimum Gasteiger partial charge on any atom is -0.493 e. The van der Waals surface area contributed by atoms with Gasteiger partial charge in [0.1, 0.15) is 5.82 Å². The molecule has 1 N–H and O–H groups in total. The van der Waals surface area contributed by atoms with Gasteiger partial charge in [0.15, 0.2) is 11.5 Å². The summed E-state index contributed by atoms with van der Waals surface area (Å²) in [6.45, 7) is 1.17. The molecule has 2 aliphatic heterocycles. The lowest BCUT2D eigenvalue weighted by atomic mass is 9.89. The highest BCUT2D eigenvalue weighted by Gasteiger charge is 2.39. The molecule has 2 unspecified atom stereocenters. The van der Waals surface area contributed by atoms with Crippen molar-refractivity contribution in [2.24, 2.45) is 0 Å². The van der Waals surface area contributed by atoms with E-state index in [4.69, 9.17) is 9.47 Å². The summed E-state index contributed by atoms with van der Waals surface area (Å²) in [4.78, 5) is 18.0. The number of hydrogen-bond donors (Lipinski definition) is 1. The highest BCUT2D eigenvalue weighted by molar-refractivity contribution is 5.83. The van der Waals surface area contributed by atoms with Gasteiger partial charge < -0.3 is 19.5 Å². The molecule has 0 radical (unpaired) electrons. The summed E-state index contributed by atoms with van der Waals surface area (Å²) in [5, 5.41) is 10.4. The fourth-order valence-corrected chi connectivity index (χ4v) is 5.51. The molecule has 5 rings (SSSR count). The van der Waals surface area contributed by atoms with Crippen LogP contribution in [-0.2, 0) is 30.7 Å². The van der Waals surface area contributed by atoms with Gasteiger partial charge in [-0.25, -0.2) is 4.39 Å². The zero-order valence-electron chi connectivity index (χ0n) is 20.6. The molecule has 188 valence electrons. The van der Waals surface area contributed by atoms with E-state index in [2.05, 4.69) is 17.0 Å². The maximum atomic E-state index is 14.6. The summed E-state index contributed by atoms with van der Waals surface area (Å²) in [7, 11) is 3.17. The van der Waals surface area contributed by atoms with E-state index in [0.29, 0.717) is 49.5 Å². The highest BCUT2D eigenvalue weighted by atomic mass is 19.1. The first kappa shape index (κ1) is 24.3. The van der Waals surface area contributed by atoms with Crippen molar-refractivity contribution in [2.45, 2.75) is 38.0 Å². The predicted molar refractivity (Wildman–Crippen MR) is 134 cm³/mol. The number of halogens is 1. The van der Waals surface area contributed by atoms with E-state index in [1.807, 2.05) is 30.3 Å². The highest BCUT2D eigenvalue weighted by Crippen LogP contribution is 2.39. The monoisotopic (exact) mass is 490 g/mol. The summed E-state index contributed by atoms with van der Waals surface area (Å²) >= 11 is 0. The van der Waals surface area contributed by atoms with Gasteiger partial charge in [-0.3, -0.25) is 9.69 Å². The Morgan fingerprint density at radius 2 is 1.69 bits per heavy atom. The number of aliphatic hydroxyl groups is 1. The first-order chi connectivity index (χ1) is 17.5. The first-order valence-corrected chi connectivity index (χ1v) is 12.2. The van der Waals surface area contributed by atoms with Gasteiger partial charge in [0.05, 0.1) is 32.9 Å². The molecule has 0 fully saturated rings. The van der Waals surface area contributed by atoms with Crippen molar-refractivity contribution in [3.8, 4) is 11.5 Å². The van der Waals surface area contributed by atoms with Crippen LogP contribution in [0.4, 0.5) is 4.39 Å². The second-order valence-corrected chi connectivity index (χ2v) is 9.37. The largest absolute Gasteiger partial charge is 0.493 e. The van der Waals surface area contributed by atoms with Crippen LogP contribution in [0.5, 0.6) is 11.5 Å². The molecule has 1 amide bonds. The quantitative estimate of drug-likeness (QED) is 0.568. The summed E-state index contributed by atoms with van der Waals surface area (Å²) in [5.74, 6) is 0.869. The fourth-order valence-electron chi connectivity index (χ4n) is 5.51. The van der Waals surface area contributed by atoms with Crippen LogP contribution < -0.4 is 9.47 Å². The molecule has 0 bridgehead atoms. The van der Waals surface area contributed by atoms with Gasteiger partial charge in [0, 0.05) is 25.2 Å². The molecule has 2 aliphatic rings. The molecular formula is C29H31FN2O4. The molecular weight excluding hydrogens is 459 g/mol. The SMILES string of the molecule is COc1cc2c(cc1OC)C(CO)N(C(=O)C1Cc3ccccc3CN1Cc1ccccc1F)CC2. The number of hydrogen-bond acceptors (Lipinski definition) is 5. The molecule has 0 aliphatic carbocycles. The van der Waals surface area contributed by atoms with Crippen LogP contribution in [0.2, 0.25) is 0 Å². The molecule has 3 aromatic carbocycles. The number of methoxy groups -OCH3 is 2. The van der Waals surface area contributed by atoms with Crippen LogP contribution >= 0.6 is 0 Å². The van der Waals surface area contributed by atoms with Gasteiger partial charge >= 0.3 is 0 Å². The second-order valence-electron chi connectivity index (χ2n) is 9.37. The van der Waals surface area contributed by atoms with Gasteiger partial charge in [-0.15, -0.1) is 0 Å². The molecule has 0 aromatic heterocycles. The zero-order valence-corrected chi connectivity index (χ0v) is 20.6. The van der Waals surface area contributed by atoms with E-state index in [1.165, 1.54) is 6.07 Å². The van der Waals surface area contributed by atoms with E-state index in [-0.39, 0.29) is 18.3 Å². The Morgan fingerprint density at radius 3 is 2.42 bits per heavy atom. The lowest BCUT2D eigenvalue weighted by molar-refractivity contribution is -0.142. The zero-order chi connectivity index (χ0) is 25.2. The number of nitrogens with zero attached hydrogens (tertiary/aromatic N) is 2. The van der Waals surface area contributed by atoms with Crippen LogP contribution in [0.25, 0.3) is 0 Å². The fraction of sp³-hybridized carbons (Fsp3) is 0.345. The summed E-state index contributed by atoms with van der Waals surface area (Å²) in [5.41, 5.74) is 4.75. The Bertz CT molecular complexity index is 1260. The third kappa shape index (κ3) is 4.45. The number of carbonyl (C=O) groups excluding carboxylic acids is 1. The molecule has 0 saturated heterocycles. The number of benzene rings is 3. The molecule has 2 heterocycles. The number of aliphatic hydroxyl groups excluding tert-OH is 1. The normalized spacial score (nSPS) is 19.4. The van der Waals surface area contributed by atoms with Crippen LogP contribution in [0.1, 0.15) is 33.9 Å². The maximum Gasteiger partial charge on any atom is 0.240 e. The molecule has 0 spiro atoms. The van der Waals surface area contributed by atoms with Crippen molar-refractivity contribution in [2.75, 3.05) is 27.4 Å². The van der Waals surface area contributed by atoms with Crippen LogP contribution in [0.15, 0.2) is 60.7 Å². The Labute approximate surface area is 210 Å². The second kappa shape index (κ2) is 10.3. The minimum atomic E-state index is -0.492. The lowest BCUT2D eigenvalue weighted by Gasteiger charge is -2.43. The van der Waals surface area contributed by atoms with Gasteiger partial charge in [-0.1, -0.05) is 42.5 Å². The molecule has 7 heteroatoms.